The van der Waals surface area contributed by atoms with Gasteiger partial charge in [-0.2, -0.15) is 0 Å². The molecular formula is C17H12O2S2. The van der Waals surface area contributed by atoms with Crippen LogP contribution in [0, 0.1) is 0 Å². The van der Waals surface area contributed by atoms with Crippen molar-refractivity contribution >= 4 is 39.0 Å². The van der Waals surface area contributed by atoms with Gasteiger partial charge in [-0.25, -0.2) is 0 Å². The van der Waals surface area contributed by atoms with Crippen LogP contribution in [0.3, 0.4) is 0 Å². The lowest BCUT2D eigenvalue weighted by atomic mass is 10.1. The molecule has 0 saturated carbocycles. The third-order valence-corrected chi connectivity index (χ3v) is 5.63. The second-order valence-corrected chi connectivity index (χ2v) is 6.85. The monoisotopic (exact) mass is 312 g/mol. The Bertz CT molecular complexity index is 822. The molecule has 4 rings (SSSR count). The van der Waals surface area contributed by atoms with Crippen molar-refractivity contribution in [1.82, 2.24) is 0 Å². The third kappa shape index (κ3) is 2.24. The Labute approximate surface area is 130 Å². The average molecular weight is 312 g/mol. The van der Waals surface area contributed by atoms with E-state index in [4.69, 9.17) is 4.74 Å². The molecule has 0 saturated heterocycles. The predicted molar refractivity (Wildman–Crippen MR) is 87.7 cm³/mol. The molecule has 2 nitrogen and oxygen atoms in total. The number of ketones is 1. The second-order valence-electron chi connectivity index (χ2n) is 4.87. The fourth-order valence-corrected chi connectivity index (χ4v) is 4.41. The highest BCUT2D eigenvalue weighted by atomic mass is 32.2. The van der Waals surface area contributed by atoms with Gasteiger partial charge in [-0.1, -0.05) is 24.3 Å². The number of ether oxygens (including phenoxy) is 1. The lowest BCUT2D eigenvalue weighted by Crippen LogP contribution is -2.32. The maximum Gasteiger partial charge on any atom is 0.205 e. The molecule has 0 amide bonds. The molecule has 0 bridgehead atoms. The summed E-state index contributed by atoms with van der Waals surface area (Å²) < 4.78 is 6.96. The van der Waals surface area contributed by atoms with Crippen LogP contribution in [0.2, 0.25) is 0 Å². The van der Waals surface area contributed by atoms with E-state index in [-0.39, 0.29) is 5.78 Å². The van der Waals surface area contributed by atoms with E-state index in [0.29, 0.717) is 5.75 Å². The molecule has 4 heteroatoms. The Morgan fingerprint density at radius 3 is 2.95 bits per heavy atom. The number of benzene rings is 2. The van der Waals surface area contributed by atoms with Gasteiger partial charge in [-0.05, 0) is 35.0 Å². The Morgan fingerprint density at radius 1 is 1.10 bits per heavy atom. The van der Waals surface area contributed by atoms with Crippen molar-refractivity contribution in [2.45, 2.75) is 11.0 Å². The molecular weight excluding hydrogens is 300 g/mol. The topological polar surface area (TPSA) is 26.3 Å². The van der Waals surface area contributed by atoms with Crippen LogP contribution < -0.4 is 4.74 Å². The molecule has 104 valence electrons. The number of carbonyl (C=O) groups is 1. The largest absolute Gasteiger partial charge is 0.480 e. The number of carbonyl (C=O) groups excluding carboxylic acids is 1. The third-order valence-electron chi connectivity index (χ3n) is 3.55. The normalized spacial score (nSPS) is 17.2. The Kier molecular flexibility index (Phi) is 3.20. The van der Waals surface area contributed by atoms with Crippen molar-refractivity contribution < 1.29 is 9.53 Å². The Balaban J connectivity index is 1.69. The maximum atomic E-state index is 12.8. The van der Waals surface area contributed by atoms with Gasteiger partial charge >= 0.3 is 0 Å². The Morgan fingerprint density at radius 2 is 2.00 bits per heavy atom. The van der Waals surface area contributed by atoms with Crippen molar-refractivity contribution in [3.8, 4) is 5.75 Å². The van der Waals surface area contributed by atoms with E-state index in [1.54, 1.807) is 23.1 Å². The van der Waals surface area contributed by atoms with E-state index in [2.05, 4.69) is 0 Å². The zero-order valence-corrected chi connectivity index (χ0v) is 12.7. The van der Waals surface area contributed by atoms with Gasteiger partial charge in [-0.15, -0.1) is 23.1 Å². The smallest absolute Gasteiger partial charge is 0.205 e. The van der Waals surface area contributed by atoms with Crippen LogP contribution >= 0.6 is 23.1 Å². The molecule has 1 aliphatic rings. The lowest BCUT2D eigenvalue weighted by molar-refractivity contribution is 0.0817. The predicted octanol–water partition coefficient (Wildman–Crippen LogP) is 4.64. The first-order valence-electron chi connectivity index (χ1n) is 6.72. The maximum absolute atomic E-state index is 12.8. The fraction of sp³-hybridized carbons (Fsp3) is 0.118. The molecule has 1 atom stereocenters. The first kappa shape index (κ1) is 12.9. The quantitative estimate of drug-likeness (QED) is 0.645. The number of thioether (sulfide) groups is 1. The zero-order chi connectivity index (χ0) is 14.2. The second kappa shape index (κ2) is 5.20. The Hall–Kier alpha value is -1.78. The summed E-state index contributed by atoms with van der Waals surface area (Å²) >= 11 is 3.29. The summed E-state index contributed by atoms with van der Waals surface area (Å²) in [6.45, 7) is 0. The fourth-order valence-electron chi connectivity index (χ4n) is 2.51. The molecule has 0 N–H and O–H groups in total. The standard InChI is InChI=1S/C17H12O2S2/c18-16(12-5-3-4-11-8-9-20-17(11)12)14-10-21-15-7-2-1-6-13(15)19-14/h1-9,14H,10H2. The summed E-state index contributed by atoms with van der Waals surface area (Å²) in [4.78, 5) is 13.9. The minimum absolute atomic E-state index is 0.0741. The van der Waals surface area contributed by atoms with E-state index in [0.717, 1.165) is 26.3 Å². The van der Waals surface area contributed by atoms with E-state index in [1.165, 1.54) is 0 Å². The molecule has 1 unspecified atom stereocenters. The highest BCUT2D eigenvalue weighted by molar-refractivity contribution is 7.99. The number of rotatable bonds is 2. The number of fused-ring (bicyclic) bond motifs is 2. The van der Waals surface area contributed by atoms with Gasteiger partial charge < -0.3 is 4.74 Å². The highest BCUT2D eigenvalue weighted by Gasteiger charge is 2.28. The number of hydrogen-bond acceptors (Lipinski definition) is 4. The molecule has 1 aliphatic heterocycles. The van der Waals surface area contributed by atoms with Gasteiger partial charge in [-0.3, -0.25) is 4.79 Å². The molecule has 2 aromatic carbocycles. The van der Waals surface area contributed by atoms with E-state index < -0.39 is 6.10 Å². The molecule has 1 aromatic heterocycles. The van der Waals surface area contributed by atoms with Gasteiger partial charge in [0.1, 0.15) is 5.75 Å². The summed E-state index contributed by atoms with van der Waals surface area (Å²) in [5.74, 6) is 1.55. The van der Waals surface area contributed by atoms with Crippen LogP contribution in [0.1, 0.15) is 10.4 Å². The van der Waals surface area contributed by atoms with Gasteiger partial charge in [0.2, 0.25) is 5.78 Å². The molecule has 0 spiro atoms. The highest BCUT2D eigenvalue weighted by Crippen LogP contribution is 2.36. The van der Waals surface area contributed by atoms with Crippen LogP contribution in [0.25, 0.3) is 10.1 Å². The van der Waals surface area contributed by atoms with Crippen molar-refractivity contribution in [3.63, 3.8) is 0 Å². The van der Waals surface area contributed by atoms with Gasteiger partial charge in [0, 0.05) is 20.9 Å². The summed E-state index contributed by atoms with van der Waals surface area (Å²) in [5, 5.41) is 3.14. The minimum atomic E-state index is -0.405. The van der Waals surface area contributed by atoms with E-state index in [9.17, 15) is 4.79 Å². The van der Waals surface area contributed by atoms with Crippen LogP contribution in [-0.2, 0) is 0 Å². The van der Waals surface area contributed by atoms with Crippen LogP contribution in [0.4, 0.5) is 0 Å². The number of thiophene rings is 1. The molecule has 21 heavy (non-hydrogen) atoms. The van der Waals surface area contributed by atoms with Crippen molar-refractivity contribution in [2.75, 3.05) is 5.75 Å². The summed E-state index contributed by atoms with van der Waals surface area (Å²) in [6.07, 6.45) is -0.405. The summed E-state index contributed by atoms with van der Waals surface area (Å²) in [6, 6.07) is 15.8. The van der Waals surface area contributed by atoms with Gasteiger partial charge in [0.05, 0.1) is 0 Å². The molecule has 3 aromatic rings. The van der Waals surface area contributed by atoms with E-state index in [1.807, 2.05) is 53.9 Å². The zero-order valence-electron chi connectivity index (χ0n) is 11.1. The minimum Gasteiger partial charge on any atom is -0.480 e. The molecule has 2 heterocycles. The number of hydrogen-bond donors (Lipinski definition) is 0. The van der Waals surface area contributed by atoms with Gasteiger partial charge in [0.25, 0.3) is 0 Å². The van der Waals surface area contributed by atoms with Crippen LogP contribution in [0.15, 0.2) is 58.8 Å². The SMILES string of the molecule is O=C(c1cccc2ccsc12)C1CSc2ccccc2O1. The molecule has 0 aliphatic carbocycles. The van der Waals surface area contributed by atoms with Crippen molar-refractivity contribution in [2.24, 2.45) is 0 Å². The molecule has 0 fully saturated rings. The van der Waals surface area contributed by atoms with E-state index >= 15 is 0 Å². The first-order chi connectivity index (χ1) is 10.3. The summed E-state index contributed by atoms with van der Waals surface area (Å²) in [7, 11) is 0. The number of para-hydroxylation sites is 1. The first-order valence-corrected chi connectivity index (χ1v) is 8.58. The van der Waals surface area contributed by atoms with Crippen LogP contribution in [0.5, 0.6) is 5.75 Å². The van der Waals surface area contributed by atoms with Crippen molar-refractivity contribution in [3.05, 3.63) is 59.5 Å². The molecule has 0 radical (unpaired) electrons. The lowest BCUT2D eigenvalue weighted by Gasteiger charge is -2.24. The summed E-state index contributed by atoms with van der Waals surface area (Å²) in [5.41, 5.74) is 0.771. The average Bonchev–Trinajstić information content (AvgIpc) is 3.02. The van der Waals surface area contributed by atoms with Crippen LogP contribution in [-0.4, -0.2) is 17.6 Å². The van der Waals surface area contributed by atoms with Crippen molar-refractivity contribution in [1.29, 1.82) is 0 Å². The van der Waals surface area contributed by atoms with Gasteiger partial charge in [0.15, 0.2) is 6.10 Å². The number of Topliss-reactive ketones (excluding diaryl/α,β-unsaturated/α-hetero) is 1.